The second-order valence-electron chi connectivity index (χ2n) is 6.62. The van der Waals surface area contributed by atoms with E-state index in [1.54, 1.807) is 0 Å². The number of aromatic nitrogens is 2. The van der Waals surface area contributed by atoms with Crippen molar-refractivity contribution in [2.75, 3.05) is 5.32 Å². The van der Waals surface area contributed by atoms with Crippen molar-refractivity contribution in [2.24, 2.45) is 0 Å². The Kier molecular flexibility index (Phi) is 4.01. The second-order valence-corrected chi connectivity index (χ2v) is 7.71. The first-order valence-electron chi connectivity index (χ1n) is 8.81. The molecular weight excluding hydrogens is 314 g/mol. The molecule has 24 heavy (non-hydrogen) atoms. The number of hydrogen-bond acceptors (Lipinski definition) is 4. The molecule has 0 saturated carbocycles. The topological polar surface area (TPSA) is 37.8 Å². The van der Waals surface area contributed by atoms with Crippen LogP contribution in [0, 0.1) is 13.8 Å². The van der Waals surface area contributed by atoms with Crippen LogP contribution in [0.25, 0.3) is 10.2 Å². The zero-order chi connectivity index (χ0) is 16.7. The van der Waals surface area contributed by atoms with Gasteiger partial charge in [-0.15, -0.1) is 11.3 Å². The summed E-state index contributed by atoms with van der Waals surface area (Å²) in [6.07, 6.45) is 5.79. The molecule has 1 N–H and O–H groups in total. The zero-order valence-corrected chi connectivity index (χ0v) is 15.4. The number of para-hydroxylation sites is 1. The molecule has 3 nitrogen and oxygen atoms in total. The Balaban J connectivity index is 1.91. The number of benzene rings is 1. The molecule has 1 aliphatic rings. The van der Waals surface area contributed by atoms with E-state index in [1.807, 2.05) is 11.3 Å². The average molecular weight is 337 g/mol. The highest BCUT2D eigenvalue weighted by Crippen LogP contribution is 2.40. The van der Waals surface area contributed by atoms with Crippen molar-refractivity contribution in [1.29, 1.82) is 0 Å². The lowest BCUT2D eigenvalue weighted by atomic mass is 9.97. The molecule has 1 aliphatic carbocycles. The Labute approximate surface area is 147 Å². The summed E-state index contributed by atoms with van der Waals surface area (Å²) in [7, 11) is 0. The lowest BCUT2D eigenvalue weighted by Gasteiger charge is -2.15. The summed E-state index contributed by atoms with van der Waals surface area (Å²) in [5.41, 5.74) is 5.17. The molecule has 2 aromatic heterocycles. The molecule has 0 radical (unpaired) electrons. The van der Waals surface area contributed by atoms with Crippen molar-refractivity contribution in [3.05, 3.63) is 45.6 Å². The van der Waals surface area contributed by atoms with Crippen molar-refractivity contribution >= 4 is 33.1 Å². The maximum Gasteiger partial charge on any atom is 0.143 e. The molecule has 2 heterocycles. The van der Waals surface area contributed by atoms with E-state index in [9.17, 15) is 0 Å². The first-order valence-corrected chi connectivity index (χ1v) is 9.63. The van der Waals surface area contributed by atoms with Crippen LogP contribution in [0.15, 0.2) is 18.2 Å². The van der Waals surface area contributed by atoms with E-state index < -0.39 is 0 Å². The largest absolute Gasteiger partial charge is 0.339 e. The van der Waals surface area contributed by atoms with E-state index in [1.165, 1.54) is 51.9 Å². The summed E-state index contributed by atoms with van der Waals surface area (Å²) in [6.45, 7) is 6.42. The van der Waals surface area contributed by atoms with E-state index in [4.69, 9.17) is 9.97 Å². The molecule has 0 atom stereocenters. The van der Waals surface area contributed by atoms with Gasteiger partial charge in [-0.3, -0.25) is 0 Å². The van der Waals surface area contributed by atoms with E-state index in [0.717, 1.165) is 29.3 Å². The van der Waals surface area contributed by atoms with Gasteiger partial charge in [0.15, 0.2) is 0 Å². The van der Waals surface area contributed by atoms with Gasteiger partial charge in [0, 0.05) is 17.0 Å². The van der Waals surface area contributed by atoms with E-state index >= 15 is 0 Å². The quantitative estimate of drug-likeness (QED) is 0.686. The predicted octanol–water partition coefficient (Wildman–Crippen LogP) is 5.49. The van der Waals surface area contributed by atoms with Crippen molar-refractivity contribution in [1.82, 2.24) is 9.97 Å². The molecule has 0 fully saturated rings. The molecule has 0 saturated heterocycles. The van der Waals surface area contributed by atoms with Gasteiger partial charge >= 0.3 is 0 Å². The third kappa shape index (κ3) is 2.59. The number of hydrogen-bond donors (Lipinski definition) is 1. The molecule has 0 bridgehead atoms. The summed E-state index contributed by atoms with van der Waals surface area (Å²) in [5, 5.41) is 4.91. The number of rotatable bonds is 3. The smallest absolute Gasteiger partial charge is 0.143 e. The molecule has 0 aliphatic heterocycles. The first-order chi connectivity index (χ1) is 11.7. The van der Waals surface area contributed by atoms with Crippen molar-refractivity contribution in [3.63, 3.8) is 0 Å². The van der Waals surface area contributed by atoms with Gasteiger partial charge in [0.25, 0.3) is 0 Å². The van der Waals surface area contributed by atoms with Crippen LogP contribution in [0.2, 0.25) is 0 Å². The average Bonchev–Trinajstić information content (AvgIpc) is 2.96. The van der Waals surface area contributed by atoms with Crippen LogP contribution in [0.3, 0.4) is 0 Å². The van der Waals surface area contributed by atoms with E-state index in [-0.39, 0.29) is 0 Å². The highest BCUT2D eigenvalue weighted by atomic mass is 32.1. The fraction of sp³-hybridized carbons (Fsp3) is 0.400. The first kappa shape index (κ1) is 15.6. The fourth-order valence-corrected chi connectivity index (χ4v) is 4.86. The zero-order valence-electron chi connectivity index (χ0n) is 14.6. The molecule has 1 aromatic carbocycles. The van der Waals surface area contributed by atoms with Gasteiger partial charge in [0.05, 0.1) is 5.39 Å². The highest BCUT2D eigenvalue weighted by Gasteiger charge is 2.21. The highest BCUT2D eigenvalue weighted by molar-refractivity contribution is 7.19. The molecule has 4 heteroatoms. The summed E-state index contributed by atoms with van der Waals surface area (Å²) in [6, 6.07) is 6.41. The third-order valence-corrected chi connectivity index (χ3v) is 6.09. The van der Waals surface area contributed by atoms with Crippen LogP contribution in [0.4, 0.5) is 11.5 Å². The normalized spacial score (nSPS) is 14.0. The van der Waals surface area contributed by atoms with Crippen LogP contribution in [0.1, 0.15) is 47.2 Å². The number of fused-ring (bicyclic) bond motifs is 3. The molecule has 124 valence electrons. The minimum atomic E-state index is 0.861. The molecule has 0 unspecified atom stereocenters. The minimum absolute atomic E-state index is 0.861. The summed E-state index contributed by atoms with van der Waals surface area (Å²) in [5.74, 6) is 1.92. The number of aryl methyl sites for hydroxylation is 5. The van der Waals surface area contributed by atoms with Gasteiger partial charge in [-0.25, -0.2) is 9.97 Å². The Hall–Kier alpha value is -1.94. The predicted molar refractivity (Wildman–Crippen MR) is 103 cm³/mol. The van der Waals surface area contributed by atoms with Crippen molar-refractivity contribution in [2.45, 2.75) is 52.9 Å². The van der Waals surface area contributed by atoms with Crippen LogP contribution in [-0.2, 0) is 19.3 Å². The lowest BCUT2D eigenvalue weighted by Crippen LogP contribution is -2.04. The summed E-state index contributed by atoms with van der Waals surface area (Å²) in [4.78, 5) is 12.3. The van der Waals surface area contributed by atoms with Gasteiger partial charge in [0.2, 0.25) is 0 Å². The minimum Gasteiger partial charge on any atom is -0.339 e. The molecule has 3 aromatic rings. The van der Waals surface area contributed by atoms with Crippen molar-refractivity contribution < 1.29 is 0 Å². The monoisotopic (exact) mass is 337 g/mol. The molecule has 4 rings (SSSR count). The Morgan fingerprint density at radius 1 is 1.08 bits per heavy atom. The molecule has 0 amide bonds. The fourth-order valence-electron chi connectivity index (χ4n) is 3.58. The number of anilines is 2. The Bertz CT molecular complexity index is 891. The Morgan fingerprint density at radius 3 is 2.58 bits per heavy atom. The van der Waals surface area contributed by atoms with Crippen LogP contribution >= 0.6 is 11.3 Å². The third-order valence-electron chi connectivity index (χ3n) is 4.90. The molecule has 0 spiro atoms. The standard InChI is InChI=1S/C20H23N3S/c1-4-16-21-19(23-18-12(2)8-7-9-13(18)3)17-14-10-5-6-11-15(14)24-20(17)22-16/h7-9H,4-6,10-11H2,1-3H3,(H,21,22,23). The van der Waals surface area contributed by atoms with Gasteiger partial charge in [0.1, 0.15) is 16.5 Å². The molecular formula is C20H23N3S. The SMILES string of the molecule is CCc1nc(Nc2c(C)cccc2C)c2c3c(sc2n1)CCCC3. The Morgan fingerprint density at radius 2 is 1.83 bits per heavy atom. The van der Waals surface area contributed by atoms with Crippen molar-refractivity contribution in [3.8, 4) is 0 Å². The maximum absolute atomic E-state index is 4.86. The van der Waals surface area contributed by atoms with Crippen LogP contribution < -0.4 is 5.32 Å². The number of nitrogens with zero attached hydrogens (tertiary/aromatic N) is 2. The van der Waals surface area contributed by atoms with Gasteiger partial charge in [-0.05, 0) is 56.2 Å². The van der Waals surface area contributed by atoms with E-state index in [2.05, 4.69) is 44.3 Å². The summed E-state index contributed by atoms with van der Waals surface area (Å²) < 4.78 is 0. The number of thiophene rings is 1. The van der Waals surface area contributed by atoms with Gasteiger partial charge < -0.3 is 5.32 Å². The lowest BCUT2D eigenvalue weighted by molar-refractivity contribution is 0.700. The van der Waals surface area contributed by atoms with Gasteiger partial charge in [-0.1, -0.05) is 25.1 Å². The van der Waals surface area contributed by atoms with Crippen LogP contribution in [-0.4, -0.2) is 9.97 Å². The van der Waals surface area contributed by atoms with Gasteiger partial charge in [-0.2, -0.15) is 0 Å². The van der Waals surface area contributed by atoms with E-state index in [0.29, 0.717) is 0 Å². The van der Waals surface area contributed by atoms with Crippen LogP contribution in [0.5, 0.6) is 0 Å². The number of nitrogens with one attached hydrogen (secondary N) is 1. The second kappa shape index (κ2) is 6.17. The maximum atomic E-state index is 4.86. The summed E-state index contributed by atoms with van der Waals surface area (Å²) >= 11 is 1.87.